The highest BCUT2D eigenvalue weighted by Crippen LogP contribution is 2.26. The lowest BCUT2D eigenvalue weighted by atomic mass is 9.91. The Hall–Kier alpha value is -0.730. The Bertz CT molecular complexity index is 330. The number of amides is 2. The van der Waals surface area contributed by atoms with Crippen molar-refractivity contribution in [3.63, 3.8) is 0 Å². The maximum atomic E-state index is 13.4. The molecule has 0 radical (unpaired) electrons. The molecule has 0 aromatic heterocycles. The predicted molar refractivity (Wildman–Crippen MR) is 106 cm³/mol. The van der Waals surface area contributed by atoms with Gasteiger partial charge in [0.1, 0.15) is 0 Å². The standard InChI is InChI=1S/C21H44N2O/c1-18(2,3)13-22(14-19(4,5)6)17(24)23(15-20(7,8)9)16-21(10,11)12/h13-16H2,1-12H3. The van der Waals surface area contributed by atoms with Crippen LogP contribution in [0.5, 0.6) is 0 Å². The molecule has 0 aliphatic rings. The Kier molecular flexibility index (Phi) is 7.43. The van der Waals surface area contributed by atoms with Crippen LogP contribution in [-0.2, 0) is 0 Å². The summed E-state index contributed by atoms with van der Waals surface area (Å²) in [4.78, 5) is 17.5. The largest absolute Gasteiger partial charge is 0.324 e. The molecule has 0 rings (SSSR count). The topological polar surface area (TPSA) is 23.6 Å². The summed E-state index contributed by atoms with van der Waals surface area (Å²) in [6.45, 7) is 29.6. The van der Waals surface area contributed by atoms with Crippen LogP contribution in [0.1, 0.15) is 83.1 Å². The lowest BCUT2D eigenvalue weighted by Crippen LogP contribution is -2.52. The van der Waals surface area contributed by atoms with Crippen molar-refractivity contribution in [2.75, 3.05) is 26.2 Å². The predicted octanol–water partition coefficient (Wildman–Crippen LogP) is 5.89. The zero-order valence-electron chi connectivity index (χ0n) is 18.6. The molecule has 0 fully saturated rings. The summed E-state index contributed by atoms with van der Waals surface area (Å²) < 4.78 is 0. The van der Waals surface area contributed by atoms with Crippen molar-refractivity contribution in [2.45, 2.75) is 83.1 Å². The Balaban J connectivity index is 5.53. The van der Waals surface area contributed by atoms with Crippen molar-refractivity contribution < 1.29 is 4.79 Å². The number of carbonyl (C=O) groups excluding carboxylic acids is 1. The van der Waals surface area contributed by atoms with Crippen LogP contribution in [0.3, 0.4) is 0 Å². The monoisotopic (exact) mass is 340 g/mol. The second-order valence-corrected chi connectivity index (χ2v) is 12.2. The summed E-state index contributed by atoms with van der Waals surface area (Å²) >= 11 is 0. The van der Waals surface area contributed by atoms with Crippen molar-refractivity contribution in [3.05, 3.63) is 0 Å². The van der Waals surface area contributed by atoms with Gasteiger partial charge in [-0.3, -0.25) is 0 Å². The Morgan fingerprint density at radius 2 is 0.667 bits per heavy atom. The van der Waals surface area contributed by atoms with Gasteiger partial charge in [0.2, 0.25) is 0 Å². The van der Waals surface area contributed by atoms with Gasteiger partial charge in [0, 0.05) is 26.2 Å². The average Bonchev–Trinajstić information content (AvgIpc) is 2.17. The first-order valence-electron chi connectivity index (χ1n) is 9.33. The minimum atomic E-state index is 0.0933. The molecule has 3 nitrogen and oxygen atoms in total. The Labute approximate surface area is 152 Å². The number of urea groups is 1. The maximum absolute atomic E-state index is 13.4. The summed E-state index contributed by atoms with van der Waals surface area (Å²) in [6, 6.07) is 0.185. The molecule has 24 heavy (non-hydrogen) atoms. The molecule has 0 saturated heterocycles. The van der Waals surface area contributed by atoms with E-state index in [1.54, 1.807) is 0 Å². The molecular weight excluding hydrogens is 296 g/mol. The van der Waals surface area contributed by atoms with Crippen molar-refractivity contribution in [1.82, 2.24) is 9.80 Å². The van der Waals surface area contributed by atoms with Gasteiger partial charge >= 0.3 is 6.03 Å². The second kappa shape index (κ2) is 7.66. The van der Waals surface area contributed by atoms with Gasteiger partial charge in [0.05, 0.1) is 0 Å². The SMILES string of the molecule is CC(C)(C)CN(CC(C)(C)C)C(=O)N(CC(C)(C)C)CC(C)(C)C. The first-order chi connectivity index (χ1) is 10.3. The molecule has 0 heterocycles. The molecular formula is C21H44N2O. The number of nitrogens with zero attached hydrogens (tertiary/aromatic N) is 2. The van der Waals surface area contributed by atoms with Crippen LogP contribution < -0.4 is 0 Å². The highest BCUT2D eigenvalue weighted by Gasteiger charge is 2.32. The maximum Gasteiger partial charge on any atom is 0.320 e. The van der Waals surface area contributed by atoms with Crippen LogP contribution in [0.4, 0.5) is 4.79 Å². The lowest BCUT2D eigenvalue weighted by Gasteiger charge is -2.41. The molecule has 0 bridgehead atoms. The molecule has 0 aromatic rings. The summed E-state index contributed by atoms with van der Waals surface area (Å²) in [5, 5.41) is 0. The number of rotatable bonds is 4. The zero-order valence-corrected chi connectivity index (χ0v) is 18.6. The minimum Gasteiger partial charge on any atom is -0.324 e. The minimum absolute atomic E-state index is 0.0933. The van der Waals surface area contributed by atoms with E-state index in [0.29, 0.717) is 0 Å². The first kappa shape index (κ1) is 23.3. The molecule has 0 atom stereocenters. The third-order valence-corrected chi connectivity index (χ3v) is 3.20. The van der Waals surface area contributed by atoms with E-state index in [9.17, 15) is 4.79 Å². The average molecular weight is 341 g/mol. The van der Waals surface area contributed by atoms with E-state index in [1.165, 1.54) is 0 Å². The van der Waals surface area contributed by atoms with Gasteiger partial charge in [0.25, 0.3) is 0 Å². The number of hydrogen-bond donors (Lipinski definition) is 0. The molecule has 0 aromatic carbocycles. The summed E-state index contributed by atoms with van der Waals surface area (Å²) in [5.41, 5.74) is 0.373. The third-order valence-electron chi connectivity index (χ3n) is 3.20. The van der Waals surface area contributed by atoms with Gasteiger partial charge in [-0.25, -0.2) is 4.79 Å². The zero-order chi connectivity index (χ0) is 19.6. The Morgan fingerprint density at radius 1 is 0.500 bits per heavy atom. The fourth-order valence-corrected chi connectivity index (χ4v) is 2.87. The molecule has 0 unspecified atom stereocenters. The van der Waals surface area contributed by atoms with Crippen LogP contribution >= 0.6 is 0 Å². The van der Waals surface area contributed by atoms with Crippen LogP contribution in [0, 0.1) is 21.7 Å². The number of carbonyl (C=O) groups is 1. The molecule has 144 valence electrons. The van der Waals surface area contributed by atoms with Crippen LogP contribution in [0.15, 0.2) is 0 Å². The van der Waals surface area contributed by atoms with Crippen molar-refractivity contribution in [3.8, 4) is 0 Å². The van der Waals surface area contributed by atoms with E-state index in [0.717, 1.165) is 26.2 Å². The molecule has 0 aliphatic carbocycles. The van der Waals surface area contributed by atoms with Gasteiger partial charge in [-0.1, -0.05) is 83.1 Å². The summed E-state index contributed by atoms with van der Waals surface area (Å²) in [6.07, 6.45) is 0. The smallest absolute Gasteiger partial charge is 0.320 e. The van der Waals surface area contributed by atoms with Gasteiger partial charge in [0.15, 0.2) is 0 Å². The van der Waals surface area contributed by atoms with Gasteiger partial charge in [-0.15, -0.1) is 0 Å². The summed E-state index contributed by atoms with van der Waals surface area (Å²) in [7, 11) is 0. The third kappa shape index (κ3) is 11.8. The van der Waals surface area contributed by atoms with E-state index in [2.05, 4.69) is 92.9 Å². The highest BCUT2D eigenvalue weighted by molar-refractivity contribution is 5.74. The van der Waals surface area contributed by atoms with Gasteiger partial charge < -0.3 is 9.80 Å². The van der Waals surface area contributed by atoms with Crippen molar-refractivity contribution in [2.24, 2.45) is 21.7 Å². The molecule has 2 amide bonds. The first-order valence-corrected chi connectivity index (χ1v) is 9.33. The van der Waals surface area contributed by atoms with E-state index in [-0.39, 0.29) is 27.7 Å². The molecule has 3 heteroatoms. The fraction of sp³-hybridized carbons (Fsp3) is 0.952. The van der Waals surface area contributed by atoms with Crippen LogP contribution in [0.2, 0.25) is 0 Å². The molecule has 0 aliphatic heterocycles. The van der Waals surface area contributed by atoms with E-state index < -0.39 is 0 Å². The summed E-state index contributed by atoms with van der Waals surface area (Å²) in [5.74, 6) is 0. The van der Waals surface area contributed by atoms with Crippen molar-refractivity contribution >= 4 is 6.03 Å². The van der Waals surface area contributed by atoms with Crippen molar-refractivity contribution in [1.29, 1.82) is 0 Å². The lowest BCUT2D eigenvalue weighted by molar-refractivity contribution is 0.0888. The van der Waals surface area contributed by atoms with Crippen LogP contribution in [-0.4, -0.2) is 42.0 Å². The highest BCUT2D eigenvalue weighted by atomic mass is 16.2. The molecule has 0 N–H and O–H groups in total. The van der Waals surface area contributed by atoms with E-state index in [1.807, 2.05) is 0 Å². The van der Waals surface area contributed by atoms with E-state index >= 15 is 0 Å². The quantitative estimate of drug-likeness (QED) is 0.625. The Morgan fingerprint density at radius 3 is 0.792 bits per heavy atom. The van der Waals surface area contributed by atoms with Crippen LogP contribution in [0.25, 0.3) is 0 Å². The molecule has 0 saturated carbocycles. The van der Waals surface area contributed by atoms with E-state index in [4.69, 9.17) is 0 Å². The normalized spacial score (nSPS) is 13.8. The number of hydrogen-bond acceptors (Lipinski definition) is 1. The fourth-order valence-electron chi connectivity index (χ4n) is 2.87. The molecule has 0 spiro atoms. The van der Waals surface area contributed by atoms with Gasteiger partial charge in [-0.05, 0) is 21.7 Å². The van der Waals surface area contributed by atoms with Gasteiger partial charge in [-0.2, -0.15) is 0 Å². The second-order valence-electron chi connectivity index (χ2n) is 12.2.